The number of carbonyl (C=O) groups is 2. The lowest BCUT2D eigenvalue weighted by Gasteiger charge is -2.20. The van der Waals surface area contributed by atoms with Crippen LogP contribution in [0.15, 0.2) is 47.3 Å². The number of nitrogens with one attached hydrogen (secondary N) is 2. The lowest BCUT2D eigenvalue weighted by atomic mass is 10.0. The molecule has 2 unspecified atom stereocenters. The zero-order chi connectivity index (χ0) is 24.1. The first-order valence-electron chi connectivity index (χ1n) is 12.3. The molecule has 1 aromatic heterocycles. The molecule has 35 heavy (non-hydrogen) atoms. The maximum atomic E-state index is 14.7. The van der Waals surface area contributed by atoms with Crippen LogP contribution in [-0.2, 0) is 11.2 Å². The Morgan fingerprint density at radius 2 is 1.77 bits per heavy atom. The fraction of sp³-hybridized carbons (Fsp3) is 0.407. The zero-order valence-corrected chi connectivity index (χ0v) is 19.3. The van der Waals surface area contributed by atoms with Crippen molar-refractivity contribution in [3.63, 3.8) is 0 Å². The Balaban J connectivity index is 1.16. The molecule has 8 heteroatoms. The third kappa shape index (κ3) is 4.22. The summed E-state index contributed by atoms with van der Waals surface area (Å²) in [4.78, 5) is 39.2. The SMILES string of the molecule is O=C(NC1CC2CN(C(=O)c3cc(Cc4n[nH]c(=O)c5ccccc45)ccc3F)CC2C1)C1CC1. The average Bonchev–Trinajstić information content (AvgIpc) is 3.54. The third-order valence-corrected chi connectivity index (χ3v) is 7.74. The van der Waals surface area contributed by atoms with Gasteiger partial charge in [-0.05, 0) is 61.3 Å². The zero-order valence-electron chi connectivity index (χ0n) is 19.3. The minimum absolute atomic E-state index is 0.0646. The van der Waals surface area contributed by atoms with E-state index in [9.17, 15) is 18.8 Å². The maximum Gasteiger partial charge on any atom is 0.272 e. The molecule has 3 aliphatic rings. The number of carbonyl (C=O) groups excluding carboxylic acids is 2. The topological polar surface area (TPSA) is 95.2 Å². The molecule has 2 N–H and O–H groups in total. The molecule has 2 amide bonds. The predicted octanol–water partition coefficient (Wildman–Crippen LogP) is 3.03. The van der Waals surface area contributed by atoms with Gasteiger partial charge in [-0.15, -0.1) is 0 Å². The van der Waals surface area contributed by atoms with Crippen molar-refractivity contribution in [1.82, 2.24) is 20.4 Å². The first-order chi connectivity index (χ1) is 17.0. The van der Waals surface area contributed by atoms with Crippen LogP contribution < -0.4 is 10.9 Å². The summed E-state index contributed by atoms with van der Waals surface area (Å²) in [6.45, 7) is 1.18. The minimum atomic E-state index is -0.537. The lowest BCUT2D eigenvalue weighted by molar-refractivity contribution is -0.123. The van der Waals surface area contributed by atoms with E-state index < -0.39 is 5.82 Å². The van der Waals surface area contributed by atoms with Gasteiger partial charge in [-0.1, -0.05) is 24.3 Å². The number of aromatic amines is 1. The van der Waals surface area contributed by atoms with Crippen LogP contribution in [0.3, 0.4) is 0 Å². The standard InChI is InChI=1S/C27H27FN4O3/c28-23-8-5-15(10-24-20-3-1-2-4-21(20)26(34)31-30-24)9-22(23)27(35)32-13-17-11-19(12-18(17)14-32)29-25(33)16-6-7-16/h1-5,8-9,16-19H,6-7,10-14H2,(H,29,33)(H,31,34). The molecular formula is C27H27FN4O3. The Morgan fingerprint density at radius 1 is 1.06 bits per heavy atom. The Morgan fingerprint density at radius 3 is 2.49 bits per heavy atom. The molecule has 180 valence electrons. The van der Waals surface area contributed by atoms with Crippen molar-refractivity contribution in [2.24, 2.45) is 17.8 Å². The van der Waals surface area contributed by atoms with Gasteiger partial charge >= 0.3 is 0 Å². The summed E-state index contributed by atoms with van der Waals surface area (Å²) in [5, 5.41) is 11.2. The van der Waals surface area contributed by atoms with E-state index in [1.165, 1.54) is 6.07 Å². The molecule has 3 aromatic rings. The highest BCUT2D eigenvalue weighted by Gasteiger charge is 2.44. The number of hydrogen-bond acceptors (Lipinski definition) is 4. The highest BCUT2D eigenvalue weighted by Crippen LogP contribution is 2.39. The number of halogens is 1. The molecular weight excluding hydrogens is 447 g/mol. The van der Waals surface area contributed by atoms with Crippen molar-refractivity contribution < 1.29 is 14.0 Å². The van der Waals surface area contributed by atoms with Crippen molar-refractivity contribution in [2.75, 3.05) is 13.1 Å². The number of nitrogens with zero attached hydrogens (tertiary/aromatic N) is 2. The lowest BCUT2D eigenvalue weighted by Crippen LogP contribution is -2.36. The summed E-state index contributed by atoms with van der Waals surface area (Å²) in [6.07, 6.45) is 4.10. The van der Waals surface area contributed by atoms with E-state index in [1.807, 2.05) is 12.1 Å². The Bertz CT molecular complexity index is 1370. The van der Waals surface area contributed by atoms with Gasteiger partial charge in [-0.2, -0.15) is 5.10 Å². The molecule has 2 aromatic carbocycles. The fourth-order valence-electron chi connectivity index (χ4n) is 5.76. The predicted molar refractivity (Wildman–Crippen MR) is 128 cm³/mol. The second-order valence-electron chi connectivity index (χ2n) is 10.2. The number of aromatic nitrogens is 2. The monoisotopic (exact) mass is 474 g/mol. The smallest absolute Gasteiger partial charge is 0.272 e. The molecule has 7 nitrogen and oxygen atoms in total. The molecule has 6 rings (SSSR count). The first-order valence-corrected chi connectivity index (χ1v) is 12.3. The van der Waals surface area contributed by atoms with Gasteiger partial charge in [-0.3, -0.25) is 14.4 Å². The van der Waals surface area contributed by atoms with Gasteiger partial charge in [0.15, 0.2) is 0 Å². The normalized spacial score (nSPS) is 23.5. The number of benzene rings is 2. The molecule has 2 atom stereocenters. The Kier molecular flexibility index (Phi) is 5.39. The van der Waals surface area contributed by atoms with Crippen LogP contribution in [0.5, 0.6) is 0 Å². The van der Waals surface area contributed by atoms with Gasteiger partial charge in [0.2, 0.25) is 5.91 Å². The molecule has 2 heterocycles. The van der Waals surface area contributed by atoms with Crippen LogP contribution >= 0.6 is 0 Å². The molecule has 0 radical (unpaired) electrons. The maximum absolute atomic E-state index is 14.7. The molecule has 0 bridgehead atoms. The quantitative estimate of drug-likeness (QED) is 0.594. The first kappa shape index (κ1) is 21.9. The summed E-state index contributed by atoms with van der Waals surface area (Å²) >= 11 is 0. The second kappa shape index (κ2) is 8.59. The third-order valence-electron chi connectivity index (χ3n) is 7.74. The van der Waals surface area contributed by atoms with Crippen LogP contribution in [0, 0.1) is 23.6 Å². The van der Waals surface area contributed by atoms with Crippen LogP contribution in [0.2, 0.25) is 0 Å². The highest BCUT2D eigenvalue weighted by atomic mass is 19.1. The van der Waals surface area contributed by atoms with E-state index in [0.717, 1.165) is 36.6 Å². The van der Waals surface area contributed by atoms with E-state index in [0.29, 0.717) is 42.4 Å². The summed E-state index contributed by atoms with van der Waals surface area (Å²) in [5.41, 5.74) is 1.23. The summed E-state index contributed by atoms with van der Waals surface area (Å²) in [7, 11) is 0. The largest absolute Gasteiger partial charge is 0.353 e. The summed E-state index contributed by atoms with van der Waals surface area (Å²) in [5.74, 6) is 0.221. The minimum Gasteiger partial charge on any atom is -0.353 e. The number of H-pyrrole nitrogens is 1. The molecule has 2 saturated carbocycles. The van der Waals surface area contributed by atoms with Crippen molar-refractivity contribution in [2.45, 2.75) is 38.1 Å². The van der Waals surface area contributed by atoms with Crippen LogP contribution in [0.1, 0.15) is 47.3 Å². The van der Waals surface area contributed by atoms with Crippen molar-refractivity contribution >= 4 is 22.6 Å². The van der Waals surface area contributed by atoms with Gasteiger partial charge in [0, 0.05) is 36.9 Å². The number of amides is 2. The highest BCUT2D eigenvalue weighted by molar-refractivity contribution is 5.95. The second-order valence-corrected chi connectivity index (χ2v) is 10.2. The van der Waals surface area contributed by atoms with Crippen LogP contribution in [-0.4, -0.2) is 46.0 Å². The van der Waals surface area contributed by atoms with Crippen LogP contribution in [0.4, 0.5) is 4.39 Å². The molecule has 1 saturated heterocycles. The van der Waals surface area contributed by atoms with Crippen molar-refractivity contribution in [1.29, 1.82) is 0 Å². The number of hydrogen-bond donors (Lipinski definition) is 2. The van der Waals surface area contributed by atoms with Gasteiger partial charge in [0.05, 0.1) is 16.6 Å². The molecule has 3 fully saturated rings. The van der Waals surface area contributed by atoms with E-state index in [4.69, 9.17) is 0 Å². The van der Waals surface area contributed by atoms with Crippen LogP contribution in [0.25, 0.3) is 10.8 Å². The van der Waals surface area contributed by atoms with Gasteiger partial charge in [0.1, 0.15) is 5.82 Å². The average molecular weight is 475 g/mol. The van der Waals surface area contributed by atoms with Crippen molar-refractivity contribution in [3.05, 3.63) is 75.5 Å². The molecule has 2 aliphatic carbocycles. The van der Waals surface area contributed by atoms with Gasteiger partial charge in [-0.25, -0.2) is 9.49 Å². The van der Waals surface area contributed by atoms with E-state index in [2.05, 4.69) is 15.5 Å². The van der Waals surface area contributed by atoms with E-state index in [-0.39, 0.29) is 34.9 Å². The Hall–Kier alpha value is -3.55. The van der Waals surface area contributed by atoms with Crippen molar-refractivity contribution in [3.8, 4) is 0 Å². The number of likely N-dealkylation sites (tertiary alicyclic amines) is 1. The summed E-state index contributed by atoms with van der Waals surface area (Å²) in [6, 6.07) is 12.0. The van der Waals surface area contributed by atoms with Gasteiger partial charge in [0.25, 0.3) is 11.5 Å². The Labute approximate surface area is 201 Å². The fourth-order valence-corrected chi connectivity index (χ4v) is 5.76. The van der Waals surface area contributed by atoms with Gasteiger partial charge < -0.3 is 10.2 Å². The molecule has 0 spiro atoms. The summed E-state index contributed by atoms with van der Waals surface area (Å²) < 4.78 is 14.7. The van der Waals surface area contributed by atoms with E-state index in [1.54, 1.807) is 29.2 Å². The number of rotatable bonds is 5. The molecule has 1 aliphatic heterocycles. The van der Waals surface area contributed by atoms with E-state index >= 15 is 0 Å². The number of fused-ring (bicyclic) bond motifs is 2.